The van der Waals surface area contributed by atoms with Crippen LogP contribution in [0, 0.1) is 23.0 Å². The van der Waals surface area contributed by atoms with Crippen molar-refractivity contribution in [1.29, 1.82) is 5.26 Å². The normalized spacial score (nSPS) is 14.3. The van der Waals surface area contributed by atoms with Gasteiger partial charge < -0.3 is 19.1 Å². The second kappa shape index (κ2) is 11.3. The molecule has 1 N–H and O–H groups in total. The molecule has 4 aromatic rings. The second-order valence-corrected chi connectivity index (χ2v) is 9.69. The summed E-state index contributed by atoms with van der Waals surface area (Å²) in [6, 6.07) is 12.9. The van der Waals surface area contributed by atoms with Crippen molar-refractivity contribution in [2.45, 2.75) is 31.9 Å². The van der Waals surface area contributed by atoms with Crippen molar-refractivity contribution in [1.82, 2.24) is 19.4 Å². The number of ether oxygens (including phenoxy) is 2. The minimum atomic E-state index is -1.37. The largest absolute Gasteiger partial charge is 0.494 e. The van der Waals surface area contributed by atoms with E-state index in [4.69, 9.17) is 14.7 Å². The van der Waals surface area contributed by atoms with E-state index in [1.165, 1.54) is 19.2 Å². The number of likely N-dealkylation sites (tertiary alicyclic amines) is 1. The molecule has 206 valence electrons. The number of carboxylic acids is 1. The lowest BCUT2D eigenvalue weighted by atomic mass is 9.93. The first kappa shape index (κ1) is 27.0. The average molecular weight is 548 g/mol. The molecule has 1 saturated heterocycles. The summed E-state index contributed by atoms with van der Waals surface area (Å²) in [5.41, 5.74) is 1.43. The van der Waals surface area contributed by atoms with Crippen molar-refractivity contribution in [2.24, 2.45) is 7.05 Å². The van der Waals surface area contributed by atoms with E-state index in [9.17, 15) is 14.3 Å². The molecule has 2 aromatic heterocycles. The van der Waals surface area contributed by atoms with Crippen LogP contribution in [-0.4, -0.2) is 50.7 Å². The maximum atomic E-state index is 15.0. The molecule has 0 spiro atoms. The maximum absolute atomic E-state index is 15.0. The van der Waals surface area contributed by atoms with Gasteiger partial charge in [0.25, 0.3) is 0 Å². The molecule has 2 aromatic carbocycles. The summed E-state index contributed by atoms with van der Waals surface area (Å²) < 4.78 is 41.8. The number of fused-ring (bicyclic) bond motifs is 1. The van der Waals surface area contributed by atoms with Gasteiger partial charge in [-0.15, -0.1) is 0 Å². The molecule has 1 aliphatic heterocycles. The van der Waals surface area contributed by atoms with E-state index in [0.717, 1.165) is 37.7 Å². The minimum Gasteiger partial charge on any atom is -0.494 e. The van der Waals surface area contributed by atoms with Gasteiger partial charge in [-0.3, -0.25) is 4.90 Å². The van der Waals surface area contributed by atoms with Gasteiger partial charge in [0.1, 0.15) is 40.6 Å². The number of carbonyl (C=O) groups is 1. The zero-order chi connectivity index (χ0) is 28.4. The molecular formula is C29H27F2N5O4. The van der Waals surface area contributed by atoms with E-state index in [1.54, 1.807) is 23.7 Å². The fourth-order valence-corrected chi connectivity index (χ4v) is 5.02. The van der Waals surface area contributed by atoms with Gasteiger partial charge in [-0.05, 0) is 44.1 Å². The van der Waals surface area contributed by atoms with Gasteiger partial charge in [0.05, 0.1) is 25.3 Å². The molecule has 0 radical (unpaired) electrons. The molecule has 0 unspecified atom stereocenters. The zero-order valence-electron chi connectivity index (χ0n) is 22.0. The molecule has 11 heteroatoms. The van der Waals surface area contributed by atoms with Crippen LogP contribution < -0.4 is 9.47 Å². The van der Waals surface area contributed by atoms with E-state index in [1.807, 2.05) is 18.2 Å². The van der Waals surface area contributed by atoms with Gasteiger partial charge in [-0.25, -0.2) is 23.5 Å². The van der Waals surface area contributed by atoms with Crippen LogP contribution in [0.1, 0.15) is 51.8 Å². The quantitative estimate of drug-likeness (QED) is 0.335. The first-order chi connectivity index (χ1) is 19.3. The van der Waals surface area contributed by atoms with Crippen molar-refractivity contribution >= 4 is 17.0 Å². The number of hydrogen-bond donors (Lipinski definition) is 1. The van der Waals surface area contributed by atoms with E-state index >= 15 is 4.39 Å². The second-order valence-electron chi connectivity index (χ2n) is 9.69. The topological polar surface area (TPSA) is 114 Å². The molecule has 5 rings (SSSR count). The van der Waals surface area contributed by atoms with Gasteiger partial charge in [0.2, 0.25) is 5.88 Å². The summed E-state index contributed by atoms with van der Waals surface area (Å²) in [4.78, 5) is 22.9. The SMILES string of the molecule is COc1cc(C(=O)O)c(F)c2c1nc(CN1CCC(c3cccc(OCc4ccc(C#N)cc4F)n3)CC1)n2C. The summed E-state index contributed by atoms with van der Waals surface area (Å²) in [5, 5.41) is 18.3. The Labute approximate surface area is 229 Å². The lowest BCUT2D eigenvalue weighted by Gasteiger charge is -2.31. The first-order valence-electron chi connectivity index (χ1n) is 12.7. The number of nitriles is 1. The van der Waals surface area contributed by atoms with Crippen LogP contribution in [0.15, 0.2) is 42.5 Å². The van der Waals surface area contributed by atoms with Gasteiger partial charge in [0, 0.05) is 36.4 Å². The number of hydrogen-bond acceptors (Lipinski definition) is 7. The van der Waals surface area contributed by atoms with Crippen molar-refractivity contribution in [3.8, 4) is 17.7 Å². The highest BCUT2D eigenvalue weighted by Gasteiger charge is 2.26. The summed E-state index contributed by atoms with van der Waals surface area (Å²) in [6.45, 7) is 1.99. The Morgan fingerprint density at radius 3 is 2.62 bits per heavy atom. The summed E-state index contributed by atoms with van der Waals surface area (Å²) in [7, 11) is 3.07. The van der Waals surface area contributed by atoms with Gasteiger partial charge >= 0.3 is 5.97 Å². The van der Waals surface area contributed by atoms with E-state index in [0.29, 0.717) is 29.3 Å². The fourth-order valence-electron chi connectivity index (χ4n) is 5.02. The molecule has 0 saturated carbocycles. The molecular weight excluding hydrogens is 520 g/mol. The Bertz CT molecular complexity index is 1620. The first-order valence-corrected chi connectivity index (χ1v) is 12.7. The van der Waals surface area contributed by atoms with Crippen LogP contribution in [0.3, 0.4) is 0 Å². The van der Waals surface area contributed by atoms with E-state index in [2.05, 4.69) is 14.9 Å². The van der Waals surface area contributed by atoms with Gasteiger partial charge in [-0.1, -0.05) is 12.1 Å². The van der Waals surface area contributed by atoms with Crippen molar-refractivity contribution < 1.29 is 28.2 Å². The summed E-state index contributed by atoms with van der Waals surface area (Å²) in [5.74, 6) is -1.26. The van der Waals surface area contributed by atoms with E-state index < -0.39 is 23.2 Å². The molecule has 3 heterocycles. The van der Waals surface area contributed by atoms with Crippen LogP contribution in [0.4, 0.5) is 8.78 Å². The molecule has 9 nitrogen and oxygen atoms in total. The predicted molar refractivity (Wildman–Crippen MR) is 141 cm³/mol. The Hall–Kier alpha value is -4.56. The predicted octanol–water partition coefficient (Wildman–Crippen LogP) is 4.78. The number of aryl methyl sites for hydroxylation is 1. The third-order valence-corrected chi connectivity index (χ3v) is 7.26. The zero-order valence-corrected chi connectivity index (χ0v) is 22.0. The highest BCUT2D eigenvalue weighted by molar-refractivity contribution is 5.96. The van der Waals surface area contributed by atoms with Crippen LogP contribution in [-0.2, 0) is 20.2 Å². The van der Waals surface area contributed by atoms with Crippen molar-refractivity contribution in [2.75, 3.05) is 20.2 Å². The van der Waals surface area contributed by atoms with E-state index in [-0.39, 0.29) is 29.4 Å². The number of imidazole rings is 1. The molecule has 0 atom stereocenters. The molecule has 1 aliphatic rings. The Morgan fingerprint density at radius 1 is 1.18 bits per heavy atom. The van der Waals surface area contributed by atoms with Crippen LogP contribution in [0.2, 0.25) is 0 Å². The lowest BCUT2D eigenvalue weighted by molar-refractivity contribution is 0.0691. The number of aromatic carboxylic acids is 1. The van der Waals surface area contributed by atoms with Crippen molar-refractivity contribution in [3.63, 3.8) is 0 Å². The number of nitrogens with zero attached hydrogens (tertiary/aromatic N) is 5. The number of pyridine rings is 1. The van der Waals surface area contributed by atoms with Crippen LogP contribution >= 0.6 is 0 Å². The molecule has 0 bridgehead atoms. The lowest BCUT2D eigenvalue weighted by Crippen LogP contribution is -2.33. The number of benzene rings is 2. The highest BCUT2D eigenvalue weighted by Crippen LogP contribution is 2.32. The fraction of sp³-hybridized carbons (Fsp3) is 0.310. The van der Waals surface area contributed by atoms with Crippen LogP contribution in [0.25, 0.3) is 11.0 Å². The summed E-state index contributed by atoms with van der Waals surface area (Å²) in [6.07, 6.45) is 1.68. The van der Waals surface area contributed by atoms with Crippen molar-refractivity contribution in [3.05, 3.63) is 82.3 Å². The molecule has 0 amide bonds. The van der Waals surface area contributed by atoms with Crippen LogP contribution in [0.5, 0.6) is 11.6 Å². The third-order valence-electron chi connectivity index (χ3n) is 7.26. The third kappa shape index (κ3) is 5.31. The van der Waals surface area contributed by atoms with Gasteiger partial charge in [0.15, 0.2) is 5.82 Å². The Balaban J connectivity index is 1.24. The average Bonchev–Trinajstić information content (AvgIpc) is 3.29. The molecule has 0 aliphatic carbocycles. The monoisotopic (exact) mass is 547 g/mol. The number of halogens is 2. The Kier molecular flexibility index (Phi) is 7.62. The number of carboxylic acid groups (broad SMARTS) is 1. The Morgan fingerprint density at radius 2 is 1.95 bits per heavy atom. The molecule has 1 fully saturated rings. The smallest absolute Gasteiger partial charge is 0.338 e. The number of piperidine rings is 1. The maximum Gasteiger partial charge on any atom is 0.338 e. The highest BCUT2D eigenvalue weighted by atomic mass is 19.1. The minimum absolute atomic E-state index is 0.00377. The number of aromatic nitrogens is 3. The van der Waals surface area contributed by atoms with Gasteiger partial charge in [-0.2, -0.15) is 5.26 Å². The number of methoxy groups -OCH3 is 1. The number of rotatable bonds is 8. The molecule has 40 heavy (non-hydrogen) atoms. The summed E-state index contributed by atoms with van der Waals surface area (Å²) >= 11 is 0. The standard InChI is InChI=1S/C29H27F2N5O4/c1-35-24(34-27-23(39-2)13-20(29(37)38)26(31)28(27)35)15-36-10-8-18(9-11-36)22-4-3-5-25(33-22)40-16-19-7-6-17(14-32)12-21(19)30/h3-7,12-13,18H,8-11,15-16H2,1-2H3,(H,37,38).